The van der Waals surface area contributed by atoms with Crippen LogP contribution in [-0.2, 0) is 4.74 Å². The van der Waals surface area contributed by atoms with Crippen LogP contribution in [0.4, 0.5) is 0 Å². The van der Waals surface area contributed by atoms with Gasteiger partial charge in [-0.15, -0.1) is 0 Å². The minimum absolute atomic E-state index is 0.110. The molecule has 4 aromatic rings. The fourth-order valence-electron chi connectivity index (χ4n) is 3.73. The summed E-state index contributed by atoms with van der Waals surface area (Å²) in [6, 6.07) is 15.0. The SMILES string of the molecule is Cc1cc(C(=O)COC(=O)c2cc(=O)[nH]c3ccccc23)c(C)n1-c1ccc(Cl)c(Cl)c1. The highest BCUT2D eigenvalue weighted by molar-refractivity contribution is 6.42. The van der Waals surface area contributed by atoms with E-state index in [-0.39, 0.29) is 11.3 Å². The predicted molar refractivity (Wildman–Crippen MR) is 124 cm³/mol. The van der Waals surface area contributed by atoms with E-state index in [2.05, 4.69) is 4.98 Å². The number of ketones is 1. The number of hydrogen-bond donors (Lipinski definition) is 1. The van der Waals surface area contributed by atoms with Crippen molar-refractivity contribution < 1.29 is 14.3 Å². The van der Waals surface area contributed by atoms with E-state index in [0.29, 0.717) is 32.2 Å². The first-order chi connectivity index (χ1) is 15.3. The highest BCUT2D eigenvalue weighted by Crippen LogP contribution is 2.28. The number of Topliss-reactive ketones (excluding diaryl/α,β-unsaturated/α-hetero) is 1. The quantitative estimate of drug-likeness (QED) is 0.319. The van der Waals surface area contributed by atoms with Crippen LogP contribution in [0.3, 0.4) is 0 Å². The summed E-state index contributed by atoms with van der Waals surface area (Å²) in [7, 11) is 0. The smallest absolute Gasteiger partial charge is 0.339 e. The molecule has 0 radical (unpaired) electrons. The van der Waals surface area contributed by atoms with E-state index < -0.39 is 18.1 Å². The van der Waals surface area contributed by atoms with Gasteiger partial charge in [0.25, 0.3) is 0 Å². The van der Waals surface area contributed by atoms with Crippen LogP contribution in [0.25, 0.3) is 16.6 Å². The molecular formula is C24H18Cl2N2O4. The Morgan fingerprint density at radius 3 is 2.47 bits per heavy atom. The third-order valence-electron chi connectivity index (χ3n) is 5.20. The Hall–Kier alpha value is -3.35. The van der Waals surface area contributed by atoms with Crippen LogP contribution in [0.1, 0.15) is 32.1 Å². The summed E-state index contributed by atoms with van der Waals surface area (Å²) >= 11 is 12.1. The lowest BCUT2D eigenvalue weighted by Gasteiger charge is -2.11. The van der Waals surface area contributed by atoms with Crippen molar-refractivity contribution in [3.05, 3.63) is 97.5 Å². The van der Waals surface area contributed by atoms with E-state index in [9.17, 15) is 14.4 Å². The van der Waals surface area contributed by atoms with Gasteiger partial charge in [0.2, 0.25) is 11.3 Å². The zero-order chi connectivity index (χ0) is 23.0. The summed E-state index contributed by atoms with van der Waals surface area (Å²) in [5.41, 5.74) is 2.89. The molecule has 32 heavy (non-hydrogen) atoms. The van der Waals surface area contributed by atoms with Crippen molar-refractivity contribution in [2.75, 3.05) is 6.61 Å². The summed E-state index contributed by atoms with van der Waals surface area (Å²) in [5, 5.41) is 1.39. The molecule has 0 bridgehead atoms. The molecule has 2 aromatic carbocycles. The standard InChI is InChI=1S/C24H18Cl2N2O4/c1-13-9-17(14(2)28(13)15-7-8-19(25)20(26)10-15)22(29)12-32-24(31)18-11-23(30)27-21-6-4-3-5-16(18)21/h3-11H,12H2,1-2H3,(H,27,30). The van der Waals surface area contributed by atoms with E-state index >= 15 is 0 Å². The molecule has 4 rings (SSSR count). The fourth-order valence-corrected chi connectivity index (χ4v) is 4.02. The van der Waals surface area contributed by atoms with Gasteiger partial charge in [0.1, 0.15) is 0 Å². The van der Waals surface area contributed by atoms with Gasteiger partial charge in [-0.25, -0.2) is 4.79 Å². The molecule has 0 fully saturated rings. The topological polar surface area (TPSA) is 81.2 Å². The van der Waals surface area contributed by atoms with Crippen LogP contribution in [0.2, 0.25) is 10.0 Å². The molecule has 0 unspecified atom stereocenters. The largest absolute Gasteiger partial charge is 0.454 e. The van der Waals surface area contributed by atoms with E-state index in [4.69, 9.17) is 27.9 Å². The van der Waals surface area contributed by atoms with Crippen molar-refractivity contribution in [2.45, 2.75) is 13.8 Å². The van der Waals surface area contributed by atoms with E-state index in [1.165, 1.54) is 6.07 Å². The first kappa shape index (κ1) is 21.9. The Kier molecular flexibility index (Phi) is 5.91. The van der Waals surface area contributed by atoms with Gasteiger partial charge in [0, 0.05) is 39.6 Å². The van der Waals surface area contributed by atoms with E-state index in [1.807, 2.05) is 11.5 Å². The van der Waals surface area contributed by atoms with E-state index in [1.54, 1.807) is 55.5 Å². The Morgan fingerprint density at radius 1 is 0.969 bits per heavy atom. The third kappa shape index (κ3) is 4.07. The summed E-state index contributed by atoms with van der Waals surface area (Å²) in [4.78, 5) is 40.0. The zero-order valence-corrected chi connectivity index (χ0v) is 18.8. The number of carbonyl (C=O) groups excluding carboxylic acids is 2. The van der Waals surface area contributed by atoms with Crippen LogP contribution in [0, 0.1) is 13.8 Å². The van der Waals surface area contributed by atoms with Gasteiger partial charge >= 0.3 is 5.97 Å². The Balaban J connectivity index is 1.57. The number of H-pyrrole nitrogens is 1. The number of nitrogens with zero attached hydrogens (tertiary/aromatic N) is 1. The number of aromatic nitrogens is 2. The second kappa shape index (κ2) is 8.65. The molecule has 0 amide bonds. The molecule has 0 aliphatic carbocycles. The Morgan fingerprint density at radius 2 is 1.72 bits per heavy atom. The molecule has 1 N–H and O–H groups in total. The fraction of sp³-hybridized carbons (Fsp3) is 0.125. The number of carbonyl (C=O) groups is 2. The molecule has 162 valence electrons. The van der Waals surface area contributed by atoms with Gasteiger partial charge in [-0.05, 0) is 44.2 Å². The molecular weight excluding hydrogens is 451 g/mol. The monoisotopic (exact) mass is 468 g/mol. The lowest BCUT2D eigenvalue weighted by Crippen LogP contribution is -2.17. The zero-order valence-electron chi connectivity index (χ0n) is 17.2. The summed E-state index contributed by atoms with van der Waals surface area (Å²) in [6.07, 6.45) is 0. The van der Waals surface area contributed by atoms with Gasteiger partial charge in [-0.2, -0.15) is 0 Å². The maximum absolute atomic E-state index is 12.8. The number of pyridine rings is 1. The van der Waals surface area contributed by atoms with Crippen LogP contribution in [0.5, 0.6) is 0 Å². The van der Waals surface area contributed by atoms with Crippen molar-refractivity contribution in [1.82, 2.24) is 9.55 Å². The number of hydrogen-bond acceptors (Lipinski definition) is 4. The van der Waals surface area contributed by atoms with Crippen LogP contribution in [-0.4, -0.2) is 27.9 Å². The minimum atomic E-state index is -0.737. The van der Waals surface area contributed by atoms with Crippen molar-refractivity contribution >= 4 is 45.9 Å². The number of aryl methyl sites for hydroxylation is 1. The molecule has 0 saturated heterocycles. The van der Waals surface area contributed by atoms with Crippen molar-refractivity contribution in [3.63, 3.8) is 0 Å². The molecule has 2 heterocycles. The number of aromatic amines is 1. The highest BCUT2D eigenvalue weighted by Gasteiger charge is 2.20. The lowest BCUT2D eigenvalue weighted by molar-refractivity contribution is 0.0476. The highest BCUT2D eigenvalue weighted by atomic mass is 35.5. The second-order valence-electron chi connectivity index (χ2n) is 7.31. The number of para-hydroxylation sites is 1. The number of benzene rings is 2. The van der Waals surface area contributed by atoms with Gasteiger partial charge < -0.3 is 14.3 Å². The Labute approximate surface area is 193 Å². The lowest BCUT2D eigenvalue weighted by atomic mass is 10.1. The number of esters is 1. The molecule has 6 nitrogen and oxygen atoms in total. The number of fused-ring (bicyclic) bond motifs is 1. The second-order valence-corrected chi connectivity index (χ2v) is 8.13. The molecule has 0 saturated carbocycles. The maximum atomic E-state index is 12.8. The summed E-state index contributed by atoms with van der Waals surface area (Å²) in [6.45, 7) is 3.21. The van der Waals surface area contributed by atoms with Crippen molar-refractivity contribution in [2.24, 2.45) is 0 Å². The number of nitrogens with one attached hydrogen (secondary N) is 1. The third-order valence-corrected chi connectivity index (χ3v) is 5.94. The molecule has 0 aliphatic heterocycles. The van der Waals surface area contributed by atoms with Crippen LogP contribution in [0.15, 0.2) is 59.4 Å². The van der Waals surface area contributed by atoms with E-state index in [0.717, 1.165) is 11.4 Å². The summed E-state index contributed by atoms with van der Waals surface area (Å²) in [5.74, 6) is -1.09. The van der Waals surface area contributed by atoms with Gasteiger partial charge in [0.15, 0.2) is 6.61 Å². The molecule has 0 aliphatic rings. The van der Waals surface area contributed by atoms with Crippen molar-refractivity contribution in [1.29, 1.82) is 0 Å². The van der Waals surface area contributed by atoms with Crippen molar-refractivity contribution in [3.8, 4) is 5.69 Å². The van der Waals surface area contributed by atoms with Gasteiger partial charge in [0.05, 0.1) is 15.6 Å². The van der Waals surface area contributed by atoms with Gasteiger partial charge in [-0.3, -0.25) is 9.59 Å². The number of ether oxygens (including phenoxy) is 1. The normalized spacial score (nSPS) is 11.0. The predicted octanol–water partition coefficient (Wildman–Crippen LogP) is 5.28. The van der Waals surface area contributed by atoms with Crippen LogP contribution >= 0.6 is 23.2 Å². The maximum Gasteiger partial charge on any atom is 0.339 e. The summed E-state index contributed by atoms with van der Waals surface area (Å²) < 4.78 is 7.14. The first-order valence-electron chi connectivity index (χ1n) is 9.73. The molecule has 0 atom stereocenters. The average Bonchev–Trinajstić information content (AvgIpc) is 3.07. The first-order valence-corrected chi connectivity index (χ1v) is 10.5. The average molecular weight is 469 g/mol. The Bertz CT molecular complexity index is 1440. The molecule has 0 spiro atoms. The number of rotatable bonds is 5. The van der Waals surface area contributed by atoms with Crippen LogP contribution < -0.4 is 5.56 Å². The minimum Gasteiger partial charge on any atom is -0.454 e. The number of halogens is 2. The van der Waals surface area contributed by atoms with Gasteiger partial charge in [-0.1, -0.05) is 41.4 Å². The molecule has 8 heteroatoms. The molecule has 2 aromatic heterocycles.